The Morgan fingerprint density at radius 1 is 1.07 bits per heavy atom. The Morgan fingerprint density at radius 3 is 2.45 bits per heavy atom. The summed E-state index contributed by atoms with van der Waals surface area (Å²) in [6.07, 6.45) is 1.78. The number of piperidine rings is 1. The van der Waals surface area contributed by atoms with Gasteiger partial charge in [-0.1, -0.05) is 0 Å². The molecule has 0 saturated carbocycles. The molecule has 29 heavy (non-hydrogen) atoms. The lowest BCUT2D eigenvalue weighted by Crippen LogP contribution is -2.50. The van der Waals surface area contributed by atoms with E-state index in [9.17, 15) is 9.59 Å². The zero-order valence-corrected chi connectivity index (χ0v) is 17.9. The fourth-order valence-electron chi connectivity index (χ4n) is 3.02. The maximum atomic E-state index is 12.5. The Labute approximate surface area is 172 Å². The van der Waals surface area contributed by atoms with Gasteiger partial charge in [0.05, 0.1) is 14.2 Å². The molecule has 8 nitrogen and oxygen atoms in total. The second kappa shape index (κ2) is 10.2. The average Bonchev–Trinajstić information content (AvgIpc) is 2.69. The van der Waals surface area contributed by atoms with Crippen molar-refractivity contribution in [3.05, 3.63) is 18.2 Å². The van der Waals surface area contributed by atoms with Crippen LogP contribution in [0.5, 0.6) is 17.2 Å². The Bertz CT molecular complexity index is 699. The average molecular weight is 409 g/mol. The van der Waals surface area contributed by atoms with E-state index in [-0.39, 0.29) is 13.2 Å². The molecule has 1 fully saturated rings. The van der Waals surface area contributed by atoms with E-state index in [1.165, 1.54) is 4.90 Å². The molecule has 8 heteroatoms. The zero-order chi connectivity index (χ0) is 21.4. The normalized spacial score (nSPS) is 16.7. The number of benzene rings is 1. The van der Waals surface area contributed by atoms with Crippen LogP contribution < -0.4 is 14.2 Å². The highest BCUT2D eigenvalue weighted by Gasteiger charge is 2.35. The number of carbonyl (C=O) groups is 2. The van der Waals surface area contributed by atoms with Crippen molar-refractivity contribution in [2.45, 2.75) is 51.7 Å². The van der Waals surface area contributed by atoms with Gasteiger partial charge in [0.25, 0.3) is 0 Å². The van der Waals surface area contributed by atoms with Crippen molar-refractivity contribution in [1.29, 1.82) is 0 Å². The number of esters is 1. The number of likely N-dealkylation sites (tertiary alicyclic amines) is 1. The van der Waals surface area contributed by atoms with Crippen molar-refractivity contribution in [2.24, 2.45) is 0 Å². The molecule has 1 saturated heterocycles. The minimum Gasteiger partial charge on any atom is -0.493 e. The van der Waals surface area contributed by atoms with E-state index in [0.29, 0.717) is 30.2 Å². The summed E-state index contributed by atoms with van der Waals surface area (Å²) in [7, 11) is 3.10. The summed E-state index contributed by atoms with van der Waals surface area (Å²) in [6, 6.07) is 4.56. The first-order valence-corrected chi connectivity index (χ1v) is 9.76. The number of ether oxygens (including phenoxy) is 5. The molecule has 1 aliphatic heterocycles. The summed E-state index contributed by atoms with van der Waals surface area (Å²) in [5.41, 5.74) is -0.615. The van der Waals surface area contributed by atoms with Gasteiger partial charge >= 0.3 is 12.1 Å². The first-order valence-electron chi connectivity index (χ1n) is 9.76. The van der Waals surface area contributed by atoms with Crippen molar-refractivity contribution in [3.8, 4) is 17.2 Å². The van der Waals surface area contributed by atoms with E-state index < -0.39 is 23.7 Å². The number of amides is 1. The number of hydrogen-bond donors (Lipinski definition) is 0. The second-order valence-corrected chi connectivity index (χ2v) is 7.72. The van der Waals surface area contributed by atoms with Crippen LogP contribution in [0.2, 0.25) is 0 Å². The van der Waals surface area contributed by atoms with Crippen molar-refractivity contribution in [3.63, 3.8) is 0 Å². The summed E-state index contributed by atoms with van der Waals surface area (Å²) in [5.74, 6) is 1.29. The topological polar surface area (TPSA) is 83.5 Å². The minimum atomic E-state index is -0.625. The molecule has 162 valence electrons. The van der Waals surface area contributed by atoms with Crippen LogP contribution in [-0.4, -0.2) is 62.6 Å². The van der Waals surface area contributed by atoms with Crippen LogP contribution in [0.25, 0.3) is 0 Å². The zero-order valence-electron chi connectivity index (χ0n) is 17.9. The molecule has 1 heterocycles. The lowest BCUT2D eigenvalue weighted by atomic mass is 10.0. The van der Waals surface area contributed by atoms with E-state index in [2.05, 4.69) is 0 Å². The quantitative estimate of drug-likeness (QED) is 0.504. The summed E-state index contributed by atoms with van der Waals surface area (Å²) in [4.78, 5) is 26.4. The van der Waals surface area contributed by atoms with Gasteiger partial charge in [0.15, 0.2) is 11.5 Å². The van der Waals surface area contributed by atoms with Gasteiger partial charge < -0.3 is 23.7 Å². The van der Waals surface area contributed by atoms with E-state index in [0.717, 1.165) is 12.8 Å². The summed E-state index contributed by atoms with van der Waals surface area (Å²) in [6.45, 7) is 6.14. The van der Waals surface area contributed by atoms with Gasteiger partial charge in [-0.05, 0) is 52.2 Å². The monoisotopic (exact) mass is 409 g/mol. The standard InChI is InChI=1S/C21H31NO7/c1-21(2,3)29-20(24)22-11-7-6-8-16(22)19(23)28-13-12-27-15-9-10-17(25-4)18(14-15)26-5/h9-10,14,16H,6-8,11-13H2,1-5H3. The van der Waals surface area contributed by atoms with Crippen LogP contribution in [0.3, 0.4) is 0 Å². The third-order valence-electron chi connectivity index (χ3n) is 4.35. The number of rotatable bonds is 7. The molecule has 1 aromatic carbocycles. The SMILES string of the molecule is COc1ccc(OCCOC(=O)C2CCCCN2C(=O)OC(C)(C)C)cc1OC. The number of carbonyl (C=O) groups excluding carboxylic acids is 2. The van der Waals surface area contributed by atoms with Crippen molar-refractivity contribution < 1.29 is 33.3 Å². The van der Waals surface area contributed by atoms with Gasteiger partial charge in [-0.2, -0.15) is 0 Å². The van der Waals surface area contributed by atoms with Crippen LogP contribution in [0.15, 0.2) is 18.2 Å². The molecule has 0 bridgehead atoms. The van der Waals surface area contributed by atoms with Crippen LogP contribution >= 0.6 is 0 Å². The molecule has 0 N–H and O–H groups in total. The van der Waals surface area contributed by atoms with Gasteiger partial charge in [0.2, 0.25) is 0 Å². The van der Waals surface area contributed by atoms with Gasteiger partial charge in [0, 0.05) is 12.6 Å². The molecular weight excluding hydrogens is 378 g/mol. The first kappa shape index (κ1) is 22.6. The lowest BCUT2D eigenvalue weighted by molar-refractivity contribution is -0.151. The molecule has 1 amide bonds. The molecule has 1 aliphatic rings. The molecule has 2 rings (SSSR count). The Balaban J connectivity index is 1.85. The Kier molecular flexibility index (Phi) is 7.99. The summed E-state index contributed by atoms with van der Waals surface area (Å²) >= 11 is 0. The molecular formula is C21H31NO7. The largest absolute Gasteiger partial charge is 0.493 e. The van der Waals surface area contributed by atoms with Crippen LogP contribution in [0.1, 0.15) is 40.0 Å². The van der Waals surface area contributed by atoms with Crippen molar-refractivity contribution in [1.82, 2.24) is 4.90 Å². The Hall–Kier alpha value is -2.64. The molecule has 0 aromatic heterocycles. The van der Waals surface area contributed by atoms with E-state index >= 15 is 0 Å². The molecule has 0 aliphatic carbocycles. The smallest absolute Gasteiger partial charge is 0.411 e. The molecule has 0 spiro atoms. The van der Waals surface area contributed by atoms with Crippen LogP contribution in [0.4, 0.5) is 4.79 Å². The number of methoxy groups -OCH3 is 2. The third-order valence-corrected chi connectivity index (χ3v) is 4.35. The lowest BCUT2D eigenvalue weighted by Gasteiger charge is -2.35. The minimum absolute atomic E-state index is 0.0752. The highest BCUT2D eigenvalue weighted by atomic mass is 16.6. The maximum absolute atomic E-state index is 12.5. The summed E-state index contributed by atoms with van der Waals surface area (Å²) in [5, 5.41) is 0. The van der Waals surface area contributed by atoms with Gasteiger partial charge in [0.1, 0.15) is 30.6 Å². The van der Waals surface area contributed by atoms with Crippen LogP contribution in [0, 0.1) is 0 Å². The second-order valence-electron chi connectivity index (χ2n) is 7.72. The van der Waals surface area contributed by atoms with E-state index in [1.807, 2.05) is 0 Å². The van der Waals surface area contributed by atoms with Crippen molar-refractivity contribution >= 4 is 12.1 Å². The molecule has 1 aromatic rings. The maximum Gasteiger partial charge on any atom is 0.411 e. The summed E-state index contributed by atoms with van der Waals surface area (Å²) < 4.78 is 26.8. The molecule has 1 atom stereocenters. The van der Waals surface area contributed by atoms with Crippen LogP contribution in [-0.2, 0) is 14.3 Å². The van der Waals surface area contributed by atoms with E-state index in [4.69, 9.17) is 23.7 Å². The Morgan fingerprint density at radius 2 is 1.79 bits per heavy atom. The predicted octanol–water partition coefficient (Wildman–Crippen LogP) is 3.42. The number of nitrogens with zero attached hydrogens (tertiary/aromatic N) is 1. The molecule has 1 unspecified atom stereocenters. The van der Waals surface area contributed by atoms with Gasteiger partial charge in [-0.25, -0.2) is 9.59 Å². The fraction of sp³-hybridized carbons (Fsp3) is 0.619. The highest BCUT2D eigenvalue weighted by Crippen LogP contribution is 2.30. The fourth-order valence-corrected chi connectivity index (χ4v) is 3.02. The van der Waals surface area contributed by atoms with Gasteiger partial charge in [-0.3, -0.25) is 4.90 Å². The highest BCUT2D eigenvalue weighted by molar-refractivity contribution is 5.81. The van der Waals surface area contributed by atoms with Crippen molar-refractivity contribution in [2.75, 3.05) is 34.0 Å². The number of hydrogen-bond acceptors (Lipinski definition) is 7. The third kappa shape index (κ3) is 6.73. The van der Waals surface area contributed by atoms with Gasteiger partial charge in [-0.15, -0.1) is 0 Å². The first-order chi connectivity index (χ1) is 13.7. The molecule has 0 radical (unpaired) electrons. The predicted molar refractivity (Wildman–Crippen MR) is 107 cm³/mol. The van der Waals surface area contributed by atoms with E-state index in [1.54, 1.807) is 53.2 Å².